The Bertz CT molecular complexity index is 1170. The number of benzene rings is 1. The number of nitrogens with zero attached hydrogens (tertiary/aromatic N) is 4. The van der Waals surface area contributed by atoms with Crippen molar-refractivity contribution in [3.63, 3.8) is 0 Å². The van der Waals surface area contributed by atoms with E-state index in [4.69, 9.17) is 5.73 Å². The Labute approximate surface area is 192 Å². The van der Waals surface area contributed by atoms with Crippen LogP contribution < -0.4 is 10.6 Å². The number of carbonyl (C=O) groups excluding carboxylic acids is 1. The molecule has 0 saturated carbocycles. The lowest BCUT2D eigenvalue weighted by Crippen LogP contribution is -2.26. The van der Waals surface area contributed by atoms with Gasteiger partial charge in [0.1, 0.15) is 0 Å². The fourth-order valence-corrected chi connectivity index (χ4v) is 4.50. The highest BCUT2D eigenvalue weighted by atomic mass is 19.3. The number of Topliss-reactive ketones (excluding diaryl/α,β-unsaturated/α-hetero) is 1. The first-order valence-electron chi connectivity index (χ1n) is 11.2. The number of nitrogens with two attached hydrogens (primary N) is 1. The molecular formula is C25H29F2N5O. The van der Waals surface area contributed by atoms with E-state index in [1.165, 1.54) is 0 Å². The largest absolute Gasteiger partial charge is 0.395 e. The van der Waals surface area contributed by atoms with Gasteiger partial charge in [0.05, 0.1) is 24.0 Å². The Hall–Kier alpha value is -3.29. The molecule has 174 valence electrons. The van der Waals surface area contributed by atoms with Crippen molar-refractivity contribution in [1.29, 1.82) is 0 Å². The summed E-state index contributed by atoms with van der Waals surface area (Å²) in [5.41, 5.74) is 11.2. The molecule has 33 heavy (non-hydrogen) atoms. The van der Waals surface area contributed by atoms with Crippen molar-refractivity contribution in [2.75, 3.05) is 23.7 Å². The van der Waals surface area contributed by atoms with Crippen LogP contribution in [0.2, 0.25) is 0 Å². The maximum absolute atomic E-state index is 13.8. The van der Waals surface area contributed by atoms with Crippen molar-refractivity contribution in [1.82, 2.24) is 14.8 Å². The summed E-state index contributed by atoms with van der Waals surface area (Å²) in [4.78, 5) is 18.0. The molecule has 6 nitrogen and oxygen atoms in total. The quantitative estimate of drug-likeness (QED) is 0.513. The monoisotopic (exact) mass is 453 g/mol. The summed E-state index contributed by atoms with van der Waals surface area (Å²) >= 11 is 0. The topological polar surface area (TPSA) is 77.0 Å². The third-order valence-corrected chi connectivity index (χ3v) is 6.14. The van der Waals surface area contributed by atoms with Gasteiger partial charge in [-0.2, -0.15) is 5.10 Å². The highest BCUT2D eigenvalue weighted by molar-refractivity contribution is 5.95. The third kappa shape index (κ3) is 4.60. The van der Waals surface area contributed by atoms with Crippen LogP contribution in [0.3, 0.4) is 0 Å². The number of aromatic nitrogens is 3. The average Bonchev–Trinajstić information content (AvgIpc) is 3.36. The van der Waals surface area contributed by atoms with Crippen LogP contribution in [-0.2, 0) is 12.8 Å². The molecule has 3 heterocycles. The number of rotatable bonds is 7. The molecule has 1 aliphatic rings. The van der Waals surface area contributed by atoms with Gasteiger partial charge in [-0.15, -0.1) is 0 Å². The molecule has 1 aliphatic heterocycles. The molecular weight excluding hydrogens is 424 g/mol. The van der Waals surface area contributed by atoms with E-state index in [0.29, 0.717) is 29.9 Å². The number of aryl methyl sites for hydroxylation is 1. The van der Waals surface area contributed by atoms with Crippen LogP contribution in [0.4, 0.5) is 20.3 Å². The Morgan fingerprint density at radius 2 is 1.94 bits per heavy atom. The van der Waals surface area contributed by atoms with Gasteiger partial charge in [-0.1, -0.05) is 24.3 Å². The second-order valence-electron chi connectivity index (χ2n) is 8.88. The zero-order valence-electron chi connectivity index (χ0n) is 19.2. The Kier molecular flexibility index (Phi) is 6.19. The van der Waals surface area contributed by atoms with Gasteiger partial charge in [0, 0.05) is 36.5 Å². The third-order valence-electron chi connectivity index (χ3n) is 6.14. The van der Waals surface area contributed by atoms with Crippen molar-refractivity contribution in [2.45, 2.75) is 52.0 Å². The van der Waals surface area contributed by atoms with Gasteiger partial charge in [0.2, 0.25) is 0 Å². The highest BCUT2D eigenvalue weighted by Gasteiger charge is 2.39. The predicted octanol–water partition coefficient (Wildman–Crippen LogP) is 4.94. The van der Waals surface area contributed by atoms with Crippen LogP contribution >= 0.6 is 0 Å². The van der Waals surface area contributed by atoms with Crippen LogP contribution in [0.5, 0.6) is 0 Å². The SMILES string of the molecule is CC(=O)c1cnn(C(C)C)c1CCc1ccccc1-c1ccnc(N2CCC(F)(F)C2)c1N. The van der Waals surface area contributed by atoms with Gasteiger partial charge < -0.3 is 10.6 Å². The number of alkyl halides is 2. The lowest BCUT2D eigenvalue weighted by Gasteiger charge is -2.21. The van der Waals surface area contributed by atoms with E-state index in [1.54, 1.807) is 24.2 Å². The summed E-state index contributed by atoms with van der Waals surface area (Å²) in [5, 5.41) is 4.41. The van der Waals surface area contributed by atoms with Gasteiger partial charge in [-0.05, 0) is 50.8 Å². The molecule has 0 radical (unpaired) electrons. The van der Waals surface area contributed by atoms with E-state index >= 15 is 0 Å². The molecule has 0 unspecified atom stereocenters. The standard InChI is InChI=1S/C25H29F2N5O/c1-16(2)32-22(21(14-30-32)17(3)33)9-8-18-6-4-5-7-19(18)20-10-12-29-24(23(20)28)31-13-11-25(26,27)15-31/h4-7,10,12,14,16H,8-9,11,13,15,28H2,1-3H3. The van der Waals surface area contributed by atoms with Gasteiger partial charge >= 0.3 is 0 Å². The van der Waals surface area contributed by atoms with E-state index < -0.39 is 5.92 Å². The first-order chi connectivity index (χ1) is 15.7. The molecule has 4 rings (SSSR count). The molecule has 1 fully saturated rings. The summed E-state index contributed by atoms with van der Waals surface area (Å²) in [6.45, 7) is 5.48. The van der Waals surface area contributed by atoms with Gasteiger partial charge in [0.25, 0.3) is 5.92 Å². The molecule has 0 bridgehead atoms. The summed E-state index contributed by atoms with van der Waals surface area (Å²) in [6, 6.07) is 9.87. The second kappa shape index (κ2) is 8.92. The Balaban J connectivity index is 1.66. The summed E-state index contributed by atoms with van der Waals surface area (Å²) in [5.74, 6) is -2.33. The smallest absolute Gasteiger partial charge is 0.266 e. The van der Waals surface area contributed by atoms with Crippen molar-refractivity contribution in [3.05, 3.63) is 59.5 Å². The van der Waals surface area contributed by atoms with E-state index in [2.05, 4.69) is 10.1 Å². The van der Waals surface area contributed by atoms with Gasteiger partial charge in [0.15, 0.2) is 11.6 Å². The number of hydrogen-bond acceptors (Lipinski definition) is 5. The van der Waals surface area contributed by atoms with Crippen LogP contribution in [0, 0.1) is 0 Å². The molecule has 1 saturated heterocycles. The molecule has 8 heteroatoms. The minimum atomic E-state index is -2.73. The number of ketones is 1. The first-order valence-corrected chi connectivity index (χ1v) is 11.2. The van der Waals surface area contributed by atoms with E-state index in [9.17, 15) is 13.6 Å². The molecule has 2 N–H and O–H groups in total. The van der Waals surface area contributed by atoms with E-state index in [-0.39, 0.29) is 31.3 Å². The van der Waals surface area contributed by atoms with Crippen LogP contribution in [0.25, 0.3) is 11.1 Å². The van der Waals surface area contributed by atoms with Crippen LogP contribution in [-0.4, -0.2) is 39.6 Å². The molecule has 1 aromatic carbocycles. The van der Waals surface area contributed by atoms with Crippen molar-refractivity contribution in [3.8, 4) is 11.1 Å². The van der Waals surface area contributed by atoms with Crippen molar-refractivity contribution < 1.29 is 13.6 Å². The summed E-state index contributed by atoms with van der Waals surface area (Å²) in [6.07, 6.45) is 4.38. The Morgan fingerprint density at radius 1 is 1.18 bits per heavy atom. The lowest BCUT2D eigenvalue weighted by atomic mass is 9.94. The first kappa shape index (κ1) is 22.9. The maximum atomic E-state index is 13.8. The summed E-state index contributed by atoms with van der Waals surface area (Å²) in [7, 11) is 0. The van der Waals surface area contributed by atoms with Crippen LogP contribution in [0.15, 0.2) is 42.7 Å². The zero-order chi connectivity index (χ0) is 23.8. The molecule has 0 spiro atoms. The van der Waals surface area contributed by atoms with E-state index in [0.717, 1.165) is 22.4 Å². The van der Waals surface area contributed by atoms with E-state index in [1.807, 2.05) is 48.9 Å². The van der Waals surface area contributed by atoms with Crippen molar-refractivity contribution in [2.24, 2.45) is 0 Å². The second-order valence-corrected chi connectivity index (χ2v) is 8.88. The fraction of sp³-hybridized carbons (Fsp3) is 0.400. The molecule has 3 aromatic rings. The zero-order valence-corrected chi connectivity index (χ0v) is 19.2. The number of halogens is 2. The van der Waals surface area contributed by atoms with Gasteiger partial charge in [-0.25, -0.2) is 13.8 Å². The number of pyridine rings is 1. The normalized spacial score (nSPS) is 15.4. The number of hydrogen-bond donors (Lipinski definition) is 1. The maximum Gasteiger partial charge on any atom is 0.266 e. The van der Waals surface area contributed by atoms with Crippen molar-refractivity contribution >= 4 is 17.3 Å². The lowest BCUT2D eigenvalue weighted by molar-refractivity contribution is 0.0257. The highest BCUT2D eigenvalue weighted by Crippen LogP contribution is 2.38. The van der Waals surface area contributed by atoms with Gasteiger partial charge in [-0.3, -0.25) is 9.48 Å². The Morgan fingerprint density at radius 3 is 2.61 bits per heavy atom. The average molecular weight is 454 g/mol. The molecule has 0 amide bonds. The predicted molar refractivity (Wildman–Crippen MR) is 126 cm³/mol. The molecule has 0 atom stereocenters. The molecule has 2 aromatic heterocycles. The number of anilines is 2. The number of nitrogen functional groups attached to an aromatic ring is 1. The van der Waals surface area contributed by atoms with Crippen LogP contribution in [0.1, 0.15) is 54.8 Å². The number of carbonyl (C=O) groups is 1. The minimum absolute atomic E-state index is 0.00406. The molecule has 0 aliphatic carbocycles. The fourth-order valence-electron chi connectivity index (χ4n) is 4.50. The minimum Gasteiger partial charge on any atom is -0.395 e. The summed E-state index contributed by atoms with van der Waals surface area (Å²) < 4.78 is 29.4.